The number of fused-ring (bicyclic) bond motifs is 1. The monoisotopic (exact) mass is 622 g/mol. The van der Waals surface area contributed by atoms with E-state index in [0.29, 0.717) is 12.0 Å². The van der Waals surface area contributed by atoms with E-state index in [1.807, 2.05) is 6.07 Å². The van der Waals surface area contributed by atoms with Crippen LogP contribution >= 0.6 is 0 Å². The lowest BCUT2D eigenvalue weighted by Crippen LogP contribution is -2.59. The number of benzene rings is 2. The molecule has 11 heteroatoms. The van der Waals surface area contributed by atoms with Crippen LogP contribution in [0.5, 0.6) is 5.75 Å². The van der Waals surface area contributed by atoms with Crippen LogP contribution in [0.15, 0.2) is 35.9 Å². The first-order chi connectivity index (χ1) is 21.2. The van der Waals surface area contributed by atoms with Gasteiger partial charge in [-0.1, -0.05) is 29.8 Å². The predicted molar refractivity (Wildman–Crippen MR) is 160 cm³/mol. The van der Waals surface area contributed by atoms with E-state index in [2.05, 4.69) is 32.1 Å². The van der Waals surface area contributed by atoms with Gasteiger partial charge in [-0.15, -0.1) is 0 Å². The Morgan fingerprint density at radius 2 is 1.38 bits per heavy atom. The number of ether oxygens (including phenoxy) is 6. The highest BCUT2D eigenvalue weighted by Crippen LogP contribution is 2.42. The zero-order valence-corrected chi connectivity index (χ0v) is 26.5. The number of allylic oxidation sites excluding steroid dienone is 1. The van der Waals surface area contributed by atoms with Crippen LogP contribution in [-0.4, -0.2) is 60.9 Å². The molecule has 2 aliphatic rings. The summed E-state index contributed by atoms with van der Waals surface area (Å²) < 4.78 is 33.8. The van der Waals surface area contributed by atoms with Crippen molar-refractivity contribution in [1.82, 2.24) is 0 Å². The van der Waals surface area contributed by atoms with Gasteiger partial charge < -0.3 is 28.4 Å². The second-order valence-electron chi connectivity index (χ2n) is 11.4. The van der Waals surface area contributed by atoms with Gasteiger partial charge in [0.15, 0.2) is 18.3 Å². The zero-order valence-electron chi connectivity index (χ0n) is 26.5. The van der Waals surface area contributed by atoms with Gasteiger partial charge in [-0.2, -0.15) is 0 Å². The zero-order chi connectivity index (χ0) is 33.0. The second kappa shape index (κ2) is 14.1. The number of carbonyl (C=O) groups excluding carboxylic acids is 5. The highest BCUT2D eigenvalue weighted by Gasteiger charge is 2.53. The fourth-order valence-electron chi connectivity index (χ4n) is 5.73. The lowest BCUT2D eigenvalue weighted by molar-refractivity contribution is -0.254. The van der Waals surface area contributed by atoms with Crippen molar-refractivity contribution in [3.8, 4) is 5.75 Å². The van der Waals surface area contributed by atoms with Crippen molar-refractivity contribution >= 4 is 35.9 Å². The van der Waals surface area contributed by atoms with Crippen LogP contribution < -0.4 is 4.74 Å². The van der Waals surface area contributed by atoms with Gasteiger partial charge in [-0.05, 0) is 66.6 Å². The molecule has 11 nitrogen and oxygen atoms in total. The molecule has 1 saturated heterocycles. The molecule has 45 heavy (non-hydrogen) atoms. The first-order valence-corrected chi connectivity index (χ1v) is 14.6. The van der Waals surface area contributed by atoms with Gasteiger partial charge in [0.1, 0.15) is 24.6 Å². The molecule has 0 radical (unpaired) electrons. The standard InChI is InChI=1S/C34H38O11/c1-17-10-26-13-25(14-27(26)11-18(17)2)12-24-8-9-29(41-20(4)36)28(15-24)31-33(43-22(6)38)34(44-23(7)39)32(42-21(5)37)30(45-31)16-40-19(3)35/h8-11,13,15,30-34H,12,14,16H2,1-7H3/t30-,31+,32-,33+,34+/m1/s1. The predicted octanol–water partition coefficient (Wildman–Crippen LogP) is 4.21. The van der Waals surface area contributed by atoms with Gasteiger partial charge in [-0.25, -0.2) is 0 Å². The minimum absolute atomic E-state index is 0.127. The van der Waals surface area contributed by atoms with Crippen molar-refractivity contribution in [1.29, 1.82) is 0 Å². The maximum absolute atomic E-state index is 12.4. The SMILES string of the molecule is CC(=O)OC[C@H]1O[C@@H](c2cc(CC3=Cc4cc(C)c(C)cc4C3)ccc2OC(C)=O)[C@H](OC(C)=O)[C@@H](OC(C)=O)[C@@H]1OC(C)=O. The van der Waals surface area contributed by atoms with Crippen molar-refractivity contribution in [2.24, 2.45) is 0 Å². The topological polar surface area (TPSA) is 141 Å². The van der Waals surface area contributed by atoms with Crippen molar-refractivity contribution < 1.29 is 52.4 Å². The Kier molecular flexibility index (Phi) is 10.4. The lowest BCUT2D eigenvalue weighted by atomic mass is 9.88. The molecule has 0 amide bonds. The molecule has 1 heterocycles. The Balaban J connectivity index is 1.79. The van der Waals surface area contributed by atoms with Crippen molar-refractivity contribution in [2.75, 3.05) is 6.61 Å². The normalized spacial score (nSPS) is 22.0. The van der Waals surface area contributed by atoms with Gasteiger partial charge in [0, 0.05) is 40.2 Å². The maximum Gasteiger partial charge on any atom is 0.308 e. The number of esters is 5. The number of hydrogen-bond donors (Lipinski definition) is 0. The largest absolute Gasteiger partial charge is 0.463 e. The number of hydrogen-bond acceptors (Lipinski definition) is 11. The highest BCUT2D eigenvalue weighted by atomic mass is 16.7. The Morgan fingerprint density at radius 1 is 0.756 bits per heavy atom. The van der Waals surface area contributed by atoms with Crippen molar-refractivity contribution in [2.45, 2.75) is 91.8 Å². The number of aryl methyl sites for hydroxylation is 2. The van der Waals surface area contributed by atoms with E-state index in [-0.39, 0.29) is 12.4 Å². The van der Waals surface area contributed by atoms with Gasteiger partial charge in [-0.3, -0.25) is 24.0 Å². The van der Waals surface area contributed by atoms with Crippen LogP contribution in [0.1, 0.15) is 74.1 Å². The first kappa shape index (κ1) is 33.4. The average Bonchev–Trinajstić information content (AvgIpc) is 3.30. The molecular formula is C34H38O11. The van der Waals surface area contributed by atoms with E-state index in [4.69, 9.17) is 28.4 Å². The summed E-state index contributed by atoms with van der Waals surface area (Å²) >= 11 is 0. The Labute approximate surface area is 261 Å². The fraction of sp³-hybridized carbons (Fsp3) is 0.441. The molecular weight excluding hydrogens is 584 g/mol. The Morgan fingerprint density at radius 3 is 2.00 bits per heavy atom. The summed E-state index contributed by atoms with van der Waals surface area (Å²) in [4.78, 5) is 60.6. The van der Waals surface area contributed by atoms with Crippen molar-refractivity contribution in [3.63, 3.8) is 0 Å². The minimum Gasteiger partial charge on any atom is -0.463 e. The summed E-state index contributed by atoms with van der Waals surface area (Å²) in [5.41, 5.74) is 7.18. The number of carbonyl (C=O) groups is 5. The Bertz CT molecular complexity index is 1540. The second-order valence-corrected chi connectivity index (χ2v) is 11.4. The van der Waals surface area contributed by atoms with E-state index < -0.39 is 60.4 Å². The van der Waals surface area contributed by atoms with Crippen LogP contribution in [-0.2, 0) is 60.5 Å². The third-order valence-electron chi connectivity index (χ3n) is 7.59. The summed E-state index contributed by atoms with van der Waals surface area (Å²) in [6.45, 7) is 9.72. The molecule has 2 aromatic rings. The summed E-state index contributed by atoms with van der Waals surface area (Å²) in [6.07, 6.45) is -2.85. The molecule has 0 N–H and O–H groups in total. The molecule has 0 bridgehead atoms. The van der Waals surface area contributed by atoms with E-state index in [9.17, 15) is 24.0 Å². The molecule has 1 aliphatic carbocycles. The summed E-state index contributed by atoms with van der Waals surface area (Å²) in [5, 5.41) is 0. The van der Waals surface area contributed by atoms with Gasteiger partial charge in [0.25, 0.3) is 0 Å². The molecule has 2 aromatic carbocycles. The summed E-state index contributed by atoms with van der Waals surface area (Å²) in [6, 6.07) is 9.59. The lowest BCUT2D eigenvalue weighted by Gasteiger charge is -2.44. The van der Waals surface area contributed by atoms with Crippen molar-refractivity contribution in [3.05, 3.63) is 69.3 Å². The van der Waals surface area contributed by atoms with E-state index >= 15 is 0 Å². The maximum atomic E-state index is 12.4. The molecule has 0 unspecified atom stereocenters. The van der Waals surface area contributed by atoms with Crippen LogP contribution in [0.3, 0.4) is 0 Å². The molecule has 0 saturated carbocycles. The Hall–Kier alpha value is -4.51. The first-order valence-electron chi connectivity index (χ1n) is 14.6. The molecule has 5 atom stereocenters. The third kappa shape index (κ3) is 8.36. The van der Waals surface area contributed by atoms with Crippen LogP contribution in [0.2, 0.25) is 0 Å². The van der Waals surface area contributed by atoms with Crippen LogP contribution in [0.4, 0.5) is 0 Å². The summed E-state index contributed by atoms with van der Waals surface area (Å²) in [7, 11) is 0. The van der Waals surface area contributed by atoms with Crippen LogP contribution in [0.25, 0.3) is 6.08 Å². The average molecular weight is 623 g/mol. The molecule has 240 valence electrons. The molecule has 1 aliphatic heterocycles. The summed E-state index contributed by atoms with van der Waals surface area (Å²) in [5.74, 6) is -3.30. The van der Waals surface area contributed by atoms with E-state index in [1.165, 1.54) is 48.6 Å². The van der Waals surface area contributed by atoms with Gasteiger partial charge in [0.2, 0.25) is 0 Å². The fourth-order valence-corrected chi connectivity index (χ4v) is 5.73. The molecule has 4 rings (SSSR count). The van der Waals surface area contributed by atoms with E-state index in [0.717, 1.165) is 25.8 Å². The van der Waals surface area contributed by atoms with Gasteiger partial charge >= 0.3 is 29.8 Å². The smallest absolute Gasteiger partial charge is 0.308 e. The number of rotatable bonds is 9. The van der Waals surface area contributed by atoms with E-state index in [1.54, 1.807) is 12.1 Å². The molecule has 0 aromatic heterocycles. The minimum atomic E-state index is -1.36. The molecule has 1 fully saturated rings. The third-order valence-corrected chi connectivity index (χ3v) is 7.59. The molecule has 0 spiro atoms. The van der Waals surface area contributed by atoms with Crippen LogP contribution in [0, 0.1) is 13.8 Å². The quantitative estimate of drug-likeness (QED) is 0.226. The van der Waals surface area contributed by atoms with Gasteiger partial charge in [0.05, 0.1) is 0 Å². The highest BCUT2D eigenvalue weighted by molar-refractivity contribution is 5.71.